The summed E-state index contributed by atoms with van der Waals surface area (Å²) in [6, 6.07) is 25.3. The molecule has 156 valence electrons. The second-order valence-corrected chi connectivity index (χ2v) is 10.8. The fourth-order valence-electron chi connectivity index (χ4n) is 4.64. The molecular weight excluding hydrogens is 400 g/mol. The maximum atomic E-state index is 12.9. The Morgan fingerprint density at radius 3 is 2.06 bits per heavy atom. The summed E-state index contributed by atoms with van der Waals surface area (Å²) >= 11 is 0. The highest BCUT2D eigenvalue weighted by atomic mass is 32.2. The molecule has 2 nitrogen and oxygen atoms in total. The van der Waals surface area contributed by atoms with E-state index in [1.54, 1.807) is 0 Å². The third kappa shape index (κ3) is 3.68. The number of rotatable bonds is 4. The van der Waals surface area contributed by atoms with E-state index in [9.17, 15) is 4.79 Å². The highest BCUT2D eigenvalue weighted by Gasteiger charge is 2.33. The normalized spacial score (nSPS) is 16.6. The minimum Gasteiger partial charge on any atom is -0.456 e. The van der Waals surface area contributed by atoms with Gasteiger partial charge in [0.05, 0.1) is 5.56 Å². The topological polar surface area (TPSA) is 26.3 Å². The quantitative estimate of drug-likeness (QED) is 0.187. The molecule has 0 bridgehead atoms. The Labute approximate surface area is 186 Å². The zero-order valence-electron chi connectivity index (χ0n) is 18.0. The van der Waals surface area contributed by atoms with E-state index in [-0.39, 0.29) is 16.4 Å². The van der Waals surface area contributed by atoms with E-state index in [1.165, 1.54) is 25.1 Å². The van der Waals surface area contributed by atoms with E-state index in [2.05, 4.69) is 72.8 Å². The molecule has 0 saturated heterocycles. The van der Waals surface area contributed by atoms with E-state index in [4.69, 9.17) is 4.74 Å². The lowest BCUT2D eigenvalue weighted by atomic mass is 9.81. The second kappa shape index (κ2) is 7.97. The van der Waals surface area contributed by atoms with E-state index in [1.807, 2.05) is 26.0 Å². The predicted molar refractivity (Wildman–Crippen MR) is 131 cm³/mol. The van der Waals surface area contributed by atoms with E-state index in [0.29, 0.717) is 11.5 Å². The molecule has 1 aromatic heterocycles. The first-order chi connectivity index (χ1) is 15.0. The monoisotopic (exact) mass is 427 g/mol. The van der Waals surface area contributed by atoms with Gasteiger partial charge in [0.25, 0.3) is 0 Å². The highest BCUT2D eigenvalue weighted by molar-refractivity contribution is 7.50. The van der Waals surface area contributed by atoms with Crippen LogP contribution >= 0.6 is 10.5 Å². The average Bonchev–Trinajstić information content (AvgIpc) is 3.14. The molecule has 1 aliphatic rings. The molecule has 31 heavy (non-hydrogen) atoms. The molecule has 3 aromatic carbocycles. The lowest BCUT2D eigenvalue weighted by Gasteiger charge is -2.34. The van der Waals surface area contributed by atoms with Crippen LogP contribution in [0.5, 0.6) is 0 Å². The van der Waals surface area contributed by atoms with Crippen LogP contribution in [0, 0.1) is 5.92 Å². The number of esters is 1. The lowest BCUT2D eigenvalue weighted by Crippen LogP contribution is -2.37. The number of thiophene rings is 1. The Hall–Kier alpha value is -2.91. The largest absolute Gasteiger partial charge is 0.456 e. The Morgan fingerprint density at radius 2 is 1.48 bits per heavy atom. The lowest BCUT2D eigenvalue weighted by molar-refractivity contribution is -0.0320. The van der Waals surface area contributed by atoms with Gasteiger partial charge in [-0.25, -0.2) is 4.79 Å². The van der Waals surface area contributed by atoms with Crippen molar-refractivity contribution in [2.45, 2.75) is 38.7 Å². The van der Waals surface area contributed by atoms with Crippen molar-refractivity contribution in [1.82, 2.24) is 0 Å². The van der Waals surface area contributed by atoms with Gasteiger partial charge >= 0.3 is 5.97 Å². The van der Waals surface area contributed by atoms with Crippen molar-refractivity contribution in [3.05, 3.63) is 90.5 Å². The fraction of sp³-hybridized carbons (Fsp3) is 0.250. The number of ether oxygens (including phenoxy) is 1. The van der Waals surface area contributed by atoms with Crippen molar-refractivity contribution in [1.29, 1.82) is 0 Å². The number of hydrogen-bond acceptors (Lipinski definition) is 2. The first-order valence-electron chi connectivity index (χ1n) is 11.0. The van der Waals surface area contributed by atoms with Crippen molar-refractivity contribution in [3.8, 4) is 4.90 Å². The molecule has 1 unspecified atom stereocenters. The van der Waals surface area contributed by atoms with Gasteiger partial charge in [0.2, 0.25) is 0 Å². The Balaban J connectivity index is 1.45. The minimum absolute atomic E-state index is 0.145. The SMILES string of the molecule is CC(C)(OC(=O)c1ccc(-[s+]2c3ccccc3c3ccccc32)cc1)C1CC=CCC1. The third-order valence-corrected chi connectivity index (χ3v) is 8.77. The number of carbonyl (C=O) groups is 1. The van der Waals surface area contributed by atoms with Gasteiger partial charge in [-0.15, -0.1) is 0 Å². The molecule has 5 rings (SSSR count). The molecule has 0 N–H and O–H groups in total. The highest BCUT2D eigenvalue weighted by Crippen LogP contribution is 2.48. The molecule has 0 saturated carbocycles. The number of fused-ring (bicyclic) bond motifs is 3. The summed E-state index contributed by atoms with van der Waals surface area (Å²) in [5.41, 5.74) is 0.151. The van der Waals surface area contributed by atoms with E-state index in [0.717, 1.165) is 19.3 Å². The van der Waals surface area contributed by atoms with Crippen LogP contribution < -0.4 is 0 Å². The average molecular weight is 428 g/mol. The first kappa shape index (κ1) is 20.0. The second-order valence-electron chi connectivity index (χ2n) is 8.80. The number of hydrogen-bond donors (Lipinski definition) is 0. The molecule has 0 amide bonds. The van der Waals surface area contributed by atoms with Crippen LogP contribution in [0.2, 0.25) is 0 Å². The number of carbonyl (C=O) groups excluding carboxylic acids is 1. The molecule has 4 aromatic rings. The van der Waals surface area contributed by atoms with Crippen LogP contribution in [0.15, 0.2) is 84.9 Å². The van der Waals surface area contributed by atoms with Crippen LogP contribution in [-0.4, -0.2) is 11.6 Å². The van der Waals surface area contributed by atoms with Crippen molar-refractivity contribution >= 4 is 36.6 Å². The third-order valence-electron chi connectivity index (χ3n) is 6.44. The van der Waals surface area contributed by atoms with Gasteiger partial charge in [0, 0.05) is 27.2 Å². The maximum Gasteiger partial charge on any atom is 0.338 e. The van der Waals surface area contributed by atoms with Gasteiger partial charge in [0.1, 0.15) is 5.60 Å². The van der Waals surface area contributed by atoms with Crippen molar-refractivity contribution in [3.63, 3.8) is 0 Å². The van der Waals surface area contributed by atoms with Gasteiger partial charge in [-0.05, 0) is 81.6 Å². The summed E-state index contributed by atoms with van der Waals surface area (Å²) in [5.74, 6) is 0.135. The standard InChI is InChI=1S/C28H27O2S/c1-28(2,21-10-4-3-5-11-21)30-27(29)20-16-18-22(19-17-20)31-25-14-8-6-12-23(25)24-13-7-9-15-26(24)31/h3-4,6-9,12-19,21H,5,10-11H2,1-2H3/q+1. The van der Waals surface area contributed by atoms with Crippen molar-refractivity contribution < 1.29 is 9.53 Å². The number of benzene rings is 3. The van der Waals surface area contributed by atoms with Gasteiger partial charge in [0.15, 0.2) is 14.3 Å². The molecule has 0 spiro atoms. The van der Waals surface area contributed by atoms with Crippen molar-refractivity contribution in [2.24, 2.45) is 5.92 Å². The van der Waals surface area contributed by atoms with Gasteiger partial charge in [-0.3, -0.25) is 0 Å². The Morgan fingerprint density at radius 1 is 0.871 bits per heavy atom. The first-order valence-corrected chi connectivity index (χ1v) is 12.2. The predicted octanol–water partition coefficient (Wildman–Crippen LogP) is 8.02. The molecule has 0 aliphatic heterocycles. The van der Waals surface area contributed by atoms with Crippen LogP contribution in [0.25, 0.3) is 25.1 Å². The van der Waals surface area contributed by atoms with E-state index < -0.39 is 5.60 Å². The van der Waals surface area contributed by atoms with Crippen LogP contribution in [0.3, 0.4) is 0 Å². The summed E-state index contributed by atoms with van der Waals surface area (Å²) in [6.07, 6.45) is 7.52. The van der Waals surface area contributed by atoms with Crippen LogP contribution in [-0.2, 0) is 4.74 Å². The Bertz CT molecular complexity index is 1220. The van der Waals surface area contributed by atoms with Gasteiger partial charge < -0.3 is 4.74 Å². The molecule has 1 atom stereocenters. The summed E-state index contributed by atoms with van der Waals surface area (Å²) in [4.78, 5) is 14.1. The van der Waals surface area contributed by atoms with Crippen LogP contribution in [0.4, 0.5) is 0 Å². The summed E-state index contributed by atoms with van der Waals surface area (Å²) in [6.45, 7) is 4.08. The Kier molecular flexibility index (Phi) is 5.15. The zero-order valence-corrected chi connectivity index (χ0v) is 18.8. The van der Waals surface area contributed by atoms with E-state index >= 15 is 0 Å². The summed E-state index contributed by atoms with van der Waals surface area (Å²) in [5, 5.41) is 2.63. The van der Waals surface area contributed by atoms with Crippen molar-refractivity contribution in [2.75, 3.05) is 0 Å². The molecule has 1 aliphatic carbocycles. The number of allylic oxidation sites excluding steroid dienone is 2. The summed E-state index contributed by atoms with van der Waals surface area (Å²) in [7, 11) is -0.145. The molecule has 3 heteroatoms. The zero-order chi connectivity index (χ0) is 21.4. The van der Waals surface area contributed by atoms with Gasteiger partial charge in [-0.2, -0.15) is 0 Å². The smallest absolute Gasteiger partial charge is 0.338 e. The fourth-order valence-corrected chi connectivity index (χ4v) is 7.02. The summed E-state index contributed by atoms with van der Waals surface area (Å²) < 4.78 is 8.68. The minimum atomic E-state index is -0.467. The van der Waals surface area contributed by atoms with Gasteiger partial charge in [-0.1, -0.05) is 36.4 Å². The van der Waals surface area contributed by atoms with Crippen LogP contribution in [0.1, 0.15) is 43.5 Å². The molecule has 0 fully saturated rings. The molecule has 0 radical (unpaired) electrons. The molecule has 1 heterocycles. The molecular formula is C28H27O2S+. The maximum absolute atomic E-state index is 12.9.